The molecule has 0 fully saturated rings. The normalized spacial score (nSPS) is 13.5. The summed E-state index contributed by atoms with van der Waals surface area (Å²) in [4.78, 5) is 0. The molecule has 326 valence electrons. The quantitative estimate of drug-likeness (QED) is 0.0542. The van der Waals surface area contributed by atoms with Crippen LogP contribution in [0.2, 0.25) is 0 Å². The molecule has 0 nitrogen and oxygen atoms in total. The Bertz CT molecular complexity index is 636. The predicted octanol–water partition coefficient (Wildman–Crippen LogP) is 20.9. The summed E-state index contributed by atoms with van der Waals surface area (Å²) in [6.07, 6.45) is 67.9. The average molecular weight is 759 g/mol. The lowest BCUT2D eigenvalue weighted by atomic mass is 9.92. The van der Waals surface area contributed by atoms with Gasteiger partial charge in [-0.15, -0.1) is 0 Å². The van der Waals surface area contributed by atoms with Gasteiger partial charge in [-0.25, -0.2) is 0 Å². The number of hydrogen-bond donors (Lipinski definition) is 0. The van der Waals surface area contributed by atoms with Gasteiger partial charge in [-0.2, -0.15) is 0 Å². The smallest absolute Gasteiger partial charge is 0.0443 e. The van der Waals surface area contributed by atoms with Crippen molar-refractivity contribution in [1.29, 1.82) is 0 Å². The van der Waals surface area contributed by atoms with Crippen LogP contribution in [-0.4, -0.2) is 0 Å². The SMILES string of the molecule is CCCCCCCCCCCCCCCCCCCCCCCCC(C)CCCC(C)CCCCCCCCCC(C)CCCCCCCCCCCC. The number of rotatable bonds is 48. The molecule has 3 atom stereocenters. The van der Waals surface area contributed by atoms with Crippen molar-refractivity contribution in [2.24, 2.45) is 17.8 Å². The Morgan fingerprint density at radius 3 is 0.463 bits per heavy atom. The van der Waals surface area contributed by atoms with E-state index in [2.05, 4.69) is 34.6 Å². The summed E-state index contributed by atoms with van der Waals surface area (Å²) in [7, 11) is 0. The molecule has 0 amide bonds. The topological polar surface area (TPSA) is 0 Å². The standard InChI is InChI=1S/C54H110/c1-6-8-10-12-14-16-18-19-20-21-22-23-24-25-26-27-28-29-31-34-38-43-48-53(4)50-45-51-54(5)49-44-40-36-32-35-39-42-47-52(3)46-41-37-33-30-17-15-13-11-9-7-2/h52-54H,6-51H2,1-5H3. The van der Waals surface area contributed by atoms with Gasteiger partial charge < -0.3 is 0 Å². The first-order valence-electron chi connectivity index (χ1n) is 26.6. The highest BCUT2D eigenvalue weighted by Crippen LogP contribution is 2.23. The van der Waals surface area contributed by atoms with Crippen molar-refractivity contribution in [2.45, 2.75) is 330 Å². The summed E-state index contributed by atoms with van der Waals surface area (Å²) in [6, 6.07) is 0. The summed E-state index contributed by atoms with van der Waals surface area (Å²) in [5.74, 6) is 2.86. The van der Waals surface area contributed by atoms with Crippen LogP contribution in [0.5, 0.6) is 0 Å². The zero-order chi connectivity index (χ0) is 39.3. The second kappa shape index (κ2) is 47.4. The monoisotopic (exact) mass is 759 g/mol. The molecule has 0 aromatic rings. The second-order valence-corrected chi connectivity index (χ2v) is 19.5. The molecule has 0 spiro atoms. The maximum atomic E-state index is 2.53. The molecule has 0 saturated heterocycles. The molecular weight excluding hydrogens is 649 g/mol. The van der Waals surface area contributed by atoms with E-state index in [1.54, 1.807) is 0 Å². The van der Waals surface area contributed by atoms with Gasteiger partial charge in [0, 0.05) is 0 Å². The molecule has 0 bridgehead atoms. The van der Waals surface area contributed by atoms with Gasteiger partial charge in [-0.3, -0.25) is 0 Å². The van der Waals surface area contributed by atoms with Gasteiger partial charge in [-0.05, 0) is 17.8 Å². The van der Waals surface area contributed by atoms with Crippen LogP contribution in [0.15, 0.2) is 0 Å². The number of hydrogen-bond acceptors (Lipinski definition) is 0. The molecule has 0 aliphatic carbocycles. The zero-order valence-electron chi connectivity index (χ0n) is 39.3. The van der Waals surface area contributed by atoms with Crippen LogP contribution >= 0.6 is 0 Å². The van der Waals surface area contributed by atoms with Gasteiger partial charge >= 0.3 is 0 Å². The van der Waals surface area contributed by atoms with E-state index in [-0.39, 0.29) is 0 Å². The van der Waals surface area contributed by atoms with Gasteiger partial charge in [0.05, 0.1) is 0 Å². The van der Waals surface area contributed by atoms with Gasteiger partial charge in [0.15, 0.2) is 0 Å². The van der Waals surface area contributed by atoms with E-state index in [0.29, 0.717) is 0 Å². The van der Waals surface area contributed by atoms with E-state index in [1.165, 1.54) is 295 Å². The maximum Gasteiger partial charge on any atom is -0.0443 e. The Balaban J connectivity index is 3.29. The summed E-state index contributed by atoms with van der Waals surface area (Å²) in [5.41, 5.74) is 0. The van der Waals surface area contributed by atoms with Gasteiger partial charge in [0.1, 0.15) is 0 Å². The van der Waals surface area contributed by atoms with Crippen LogP contribution in [0.25, 0.3) is 0 Å². The molecule has 0 radical (unpaired) electrons. The van der Waals surface area contributed by atoms with Gasteiger partial charge in [0.25, 0.3) is 0 Å². The molecule has 54 heavy (non-hydrogen) atoms. The molecule has 0 aromatic carbocycles. The van der Waals surface area contributed by atoms with Crippen LogP contribution in [0.3, 0.4) is 0 Å². The molecule has 0 heterocycles. The fourth-order valence-electron chi connectivity index (χ4n) is 9.20. The highest BCUT2D eigenvalue weighted by Gasteiger charge is 2.07. The van der Waals surface area contributed by atoms with Crippen molar-refractivity contribution in [3.05, 3.63) is 0 Å². The molecule has 0 aliphatic heterocycles. The van der Waals surface area contributed by atoms with Crippen LogP contribution in [0, 0.1) is 17.8 Å². The Hall–Kier alpha value is 0. The minimum absolute atomic E-state index is 0.948. The summed E-state index contributed by atoms with van der Waals surface area (Å²) in [5, 5.41) is 0. The molecule has 3 unspecified atom stereocenters. The van der Waals surface area contributed by atoms with E-state index in [9.17, 15) is 0 Å². The largest absolute Gasteiger partial charge is 0.0654 e. The summed E-state index contributed by atoms with van der Waals surface area (Å²) in [6.45, 7) is 12.2. The van der Waals surface area contributed by atoms with E-state index in [4.69, 9.17) is 0 Å². The van der Waals surface area contributed by atoms with E-state index >= 15 is 0 Å². The third kappa shape index (κ3) is 46.4. The molecule has 0 rings (SSSR count). The van der Waals surface area contributed by atoms with Gasteiger partial charge in [0.2, 0.25) is 0 Å². The van der Waals surface area contributed by atoms with Crippen LogP contribution in [-0.2, 0) is 0 Å². The van der Waals surface area contributed by atoms with E-state index in [1.807, 2.05) is 0 Å². The maximum absolute atomic E-state index is 2.53. The molecule has 0 aromatic heterocycles. The average Bonchev–Trinajstić information content (AvgIpc) is 3.16. The van der Waals surface area contributed by atoms with Crippen molar-refractivity contribution in [3.8, 4) is 0 Å². The lowest BCUT2D eigenvalue weighted by molar-refractivity contribution is 0.390. The summed E-state index contributed by atoms with van der Waals surface area (Å²) >= 11 is 0. The molecule has 0 heteroatoms. The first kappa shape index (κ1) is 54.0. The Morgan fingerprint density at radius 1 is 0.167 bits per heavy atom. The fraction of sp³-hybridized carbons (Fsp3) is 1.00. The van der Waals surface area contributed by atoms with Crippen LogP contribution in [0.4, 0.5) is 0 Å². The highest BCUT2D eigenvalue weighted by atomic mass is 14.1. The Kier molecular flexibility index (Phi) is 47.4. The first-order chi connectivity index (χ1) is 26.6. The first-order valence-corrected chi connectivity index (χ1v) is 26.6. The van der Waals surface area contributed by atoms with Crippen molar-refractivity contribution in [1.82, 2.24) is 0 Å². The molecule has 0 saturated carbocycles. The fourth-order valence-corrected chi connectivity index (χ4v) is 9.20. The third-order valence-electron chi connectivity index (χ3n) is 13.4. The van der Waals surface area contributed by atoms with Crippen molar-refractivity contribution in [3.63, 3.8) is 0 Å². The highest BCUT2D eigenvalue weighted by molar-refractivity contribution is 4.61. The van der Waals surface area contributed by atoms with Crippen LogP contribution in [0.1, 0.15) is 330 Å². The Morgan fingerprint density at radius 2 is 0.296 bits per heavy atom. The van der Waals surface area contributed by atoms with Crippen molar-refractivity contribution < 1.29 is 0 Å². The predicted molar refractivity (Wildman–Crippen MR) is 251 cm³/mol. The van der Waals surface area contributed by atoms with Crippen molar-refractivity contribution >= 4 is 0 Å². The lowest BCUT2D eigenvalue weighted by Gasteiger charge is -2.14. The third-order valence-corrected chi connectivity index (χ3v) is 13.4. The molecule has 0 N–H and O–H groups in total. The Labute approximate surface area is 346 Å². The van der Waals surface area contributed by atoms with Crippen LogP contribution < -0.4 is 0 Å². The van der Waals surface area contributed by atoms with Gasteiger partial charge in [-0.1, -0.05) is 330 Å². The van der Waals surface area contributed by atoms with E-state index in [0.717, 1.165) is 17.8 Å². The lowest BCUT2D eigenvalue weighted by Crippen LogP contribution is -1.99. The van der Waals surface area contributed by atoms with Crippen molar-refractivity contribution in [2.75, 3.05) is 0 Å². The minimum Gasteiger partial charge on any atom is -0.0654 e. The number of unbranched alkanes of at least 4 members (excludes halogenated alkanes) is 36. The minimum atomic E-state index is 0.948. The zero-order valence-corrected chi connectivity index (χ0v) is 39.3. The molecule has 0 aliphatic rings. The van der Waals surface area contributed by atoms with E-state index < -0.39 is 0 Å². The summed E-state index contributed by atoms with van der Waals surface area (Å²) < 4.78 is 0. The second-order valence-electron chi connectivity index (χ2n) is 19.5. The molecular formula is C54H110.